The maximum atomic E-state index is 12.8. The molecular formula is C30H25ClN4O4S. The molecule has 1 amide bonds. The molecule has 0 aliphatic heterocycles. The van der Waals surface area contributed by atoms with Crippen LogP contribution < -0.4 is 9.46 Å². The Labute approximate surface area is 237 Å². The van der Waals surface area contributed by atoms with Crippen molar-refractivity contribution in [2.45, 2.75) is 20.1 Å². The number of hydrogen-bond acceptors (Lipinski definition) is 6. The Morgan fingerprint density at radius 1 is 0.975 bits per heavy atom. The van der Waals surface area contributed by atoms with Gasteiger partial charge in [0.25, 0.3) is 15.9 Å². The lowest BCUT2D eigenvalue weighted by Crippen LogP contribution is -2.29. The number of nitrogens with one attached hydrogen (secondary N) is 1. The third-order valence-corrected chi connectivity index (χ3v) is 7.40. The quantitative estimate of drug-likeness (QED) is 0.241. The summed E-state index contributed by atoms with van der Waals surface area (Å²) in [6.07, 6.45) is 1.41. The number of hydrogen-bond donors (Lipinski definition) is 1. The van der Waals surface area contributed by atoms with E-state index in [1.807, 2.05) is 70.8 Å². The van der Waals surface area contributed by atoms with Gasteiger partial charge >= 0.3 is 0 Å². The minimum absolute atomic E-state index is 0.0511. The van der Waals surface area contributed by atoms with Gasteiger partial charge in [0.05, 0.1) is 12.0 Å². The summed E-state index contributed by atoms with van der Waals surface area (Å²) >= 11 is 6.61. The number of amides is 1. The largest absolute Gasteiger partial charge is 0.489 e. The predicted octanol–water partition coefficient (Wildman–Crippen LogP) is 5.75. The highest BCUT2D eigenvalue weighted by Gasteiger charge is 2.18. The molecule has 202 valence electrons. The molecule has 5 aromatic rings. The highest BCUT2D eigenvalue weighted by Crippen LogP contribution is 2.23. The molecule has 0 bridgehead atoms. The second-order valence-corrected chi connectivity index (χ2v) is 11.0. The number of pyridine rings is 1. The normalized spacial score (nSPS) is 11.7. The zero-order valence-corrected chi connectivity index (χ0v) is 23.1. The Balaban J connectivity index is 1.32. The maximum Gasteiger partial charge on any atom is 0.283 e. The van der Waals surface area contributed by atoms with Gasteiger partial charge in [0.1, 0.15) is 29.4 Å². The van der Waals surface area contributed by atoms with E-state index >= 15 is 0 Å². The van der Waals surface area contributed by atoms with Crippen LogP contribution >= 0.6 is 11.6 Å². The lowest BCUT2D eigenvalue weighted by Gasteiger charge is -2.11. The van der Waals surface area contributed by atoms with Crippen LogP contribution in [0.3, 0.4) is 0 Å². The molecule has 40 heavy (non-hydrogen) atoms. The molecule has 0 unspecified atom stereocenters. The molecule has 0 atom stereocenters. The van der Waals surface area contributed by atoms with E-state index in [-0.39, 0.29) is 5.69 Å². The Hall–Kier alpha value is -4.47. The Morgan fingerprint density at radius 2 is 1.70 bits per heavy atom. The SMILES string of the molecule is Cc1nc2ccc(C(=O)NS(=O)(=O)/C=C/c3ccccc3)nc2n1Cc1ccc(COc2ccccc2)cc1Cl. The van der Waals surface area contributed by atoms with E-state index < -0.39 is 15.9 Å². The lowest BCUT2D eigenvalue weighted by atomic mass is 10.1. The first-order valence-corrected chi connectivity index (χ1v) is 14.3. The first-order valence-electron chi connectivity index (χ1n) is 12.4. The number of nitrogens with zero attached hydrogens (tertiary/aromatic N) is 3. The van der Waals surface area contributed by atoms with Crippen molar-refractivity contribution in [2.24, 2.45) is 0 Å². The van der Waals surface area contributed by atoms with Crippen LogP contribution in [0.25, 0.3) is 17.2 Å². The number of fused-ring (bicyclic) bond motifs is 1. The van der Waals surface area contributed by atoms with E-state index in [9.17, 15) is 13.2 Å². The number of aromatic nitrogens is 3. The summed E-state index contributed by atoms with van der Waals surface area (Å²) in [6, 6.07) is 27.2. The standard InChI is InChI=1S/C30H25ClN4O4S/c1-21-32-27-14-15-28(30(36)34-40(37,38)17-16-22-8-4-2-5-9-22)33-29(27)35(21)19-24-13-12-23(18-26(24)31)20-39-25-10-6-3-7-11-25/h2-18H,19-20H2,1H3,(H,34,36)/b17-16+. The second-order valence-electron chi connectivity index (χ2n) is 9.00. The summed E-state index contributed by atoms with van der Waals surface area (Å²) in [7, 11) is -4.04. The van der Waals surface area contributed by atoms with E-state index in [4.69, 9.17) is 16.3 Å². The predicted molar refractivity (Wildman–Crippen MR) is 155 cm³/mol. The minimum Gasteiger partial charge on any atom is -0.489 e. The molecule has 0 saturated carbocycles. The average Bonchev–Trinajstić information content (AvgIpc) is 3.27. The zero-order chi connectivity index (χ0) is 28.1. The fourth-order valence-electron chi connectivity index (χ4n) is 4.04. The Morgan fingerprint density at radius 3 is 2.42 bits per heavy atom. The molecule has 3 aromatic carbocycles. The van der Waals surface area contributed by atoms with Crippen LogP contribution in [0.5, 0.6) is 5.75 Å². The third kappa shape index (κ3) is 6.56. The number of sulfonamides is 1. The van der Waals surface area contributed by atoms with Gasteiger partial charge in [-0.15, -0.1) is 0 Å². The Kier molecular flexibility index (Phi) is 7.95. The van der Waals surface area contributed by atoms with Gasteiger partial charge in [0, 0.05) is 5.02 Å². The van der Waals surface area contributed by atoms with Gasteiger partial charge in [-0.25, -0.2) is 23.1 Å². The van der Waals surface area contributed by atoms with Gasteiger partial charge in [-0.2, -0.15) is 0 Å². The smallest absolute Gasteiger partial charge is 0.283 e. The molecule has 10 heteroatoms. The number of para-hydroxylation sites is 1. The molecule has 5 rings (SSSR count). The lowest BCUT2D eigenvalue weighted by molar-refractivity contribution is 0.0977. The fourth-order valence-corrected chi connectivity index (χ4v) is 5.07. The monoisotopic (exact) mass is 572 g/mol. The van der Waals surface area contributed by atoms with Gasteiger partial charge in [-0.3, -0.25) is 4.79 Å². The molecule has 0 radical (unpaired) electrons. The van der Waals surface area contributed by atoms with E-state index in [1.165, 1.54) is 12.1 Å². The van der Waals surface area contributed by atoms with Crippen molar-refractivity contribution in [1.82, 2.24) is 19.3 Å². The molecule has 0 aliphatic rings. The van der Waals surface area contributed by atoms with Gasteiger partial charge in [-0.1, -0.05) is 72.3 Å². The molecule has 0 saturated heterocycles. The minimum atomic E-state index is -4.04. The van der Waals surface area contributed by atoms with Crippen molar-refractivity contribution in [3.8, 4) is 5.75 Å². The molecule has 2 heterocycles. The van der Waals surface area contributed by atoms with Crippen LogP contribution in [-0.4, -0.2) is 28.9 Å². The highest BCUT2D eigenvalue weighted by molar-refractivity contribution is 7.93. The summed E-state index contributed by atoms with van der Waals surface area (Å²) in [6.45, 7) is 2.56. The zero-order valence-electron chi connectivity index (χ0n) is 21.5. The number of benzene rings is 3. The maximum absolute atomic E-state index is 12.8. The first-order chi connectivity index (χ1) is 19.3. The van der Waals surface area contributed by atoms with Crippen LogP contribution in [0.4, 0.5) is 0 Å². The molecular weight excluding hydrogens is 548 g/mol. The summed E-state index contributed by atoms with van der Waals surface area (Å²) in [5.41, 5.74) is 3.40. The number of imidazole rings is 1. The van der Waals surface area contributed by atoms with Gasteiger partial charge < -0.3 is 9.30 Å². The van der Waals surface area contributed by atoms with E-state index in [1.54, 1.807) is 30.3 Å². The van der Waals surface area contributed by atoms with Gasteiger partial charge in [0.15, 0.2) is 5.65 Å². The van der Waals surface area contributed by atoms with Crippen molar-refractivity contribution in [2.75, 3.05) is 0 Å². The third-order valence-electron chi connectivity index (χ3n) is 6.08. The highest BCUT2D eigenvalue weighted by atomic mass is 35.5. The first kappa shape index (κ1) is 27.1. The molecule has 2 aromatic heterocycles. The molecule has 0 spiro atoms. The summed E-state index contributed by atoms with van der Waals surface area (Å²) in [5.74, 6) is 0.603. The van der Waals surface area contributed by atoms with Crippen molar-refractivity contribution >= 4 is 44.8 Å². The van der Waals surface area contributed by atoms with Crippen molar-refractivity contribution in [3.63, 3.8) is 0 Å². The van der Waals surface area contributed by atoms with Crippen LogP contribution in [0, 0.1) is 6.92 Å². The van der Waals surface area contributed by atoms with Crippen LogP contribution in [0.15, 0.2) is 96.4 Å². The van der Waals surface area contributed by atoms with Crippen LogP contribution in [0.2, 0.25) is 5.02 Å². The summed E-state index contributed by atoms with van der Waals surface area (Å²) < 4.78 is 34.6. The number of rotatable bonds is 9. The molecule has 1 N–H and O–H groups in total. The Bertz CT molecular complexity index is 1800. The number of aryl methyl sites for hydroxylation is 1. The second kappa shape index (κ2) is 11.7. The van der Waals surface area contributed by atoms with E-state index in [0.29, 0.717) is 40.7 Å². The van der Waals surface area contributed by atoms with E-state index in [0.717, 1.165) is 22.3 Å². The fraction of sp³-hybridized carbons (Fsp3) is 0.100. The van der Waals surface area contributed by atoms with Crippen LogP contribution in [-0.2, 0) is 23.2 Å². The molecule has 0 fully saturated rings. The summed E-state index contributed by atoms with van der Waals surface area (Å²) in [4.78, 5) is 21.8. The average molecular weight is 573 g/mol. The summed E-state index contributed by atoms with van der Waals surface area (Å²) in [5, 5.41) is 1.50. The van der Waals surface area contributed by atoms with Crippen molar-refractivity contribution in [1.29, 1.82) is 0 Å². The van der Waals surface area contributed by atoms with Gasteiger partial charge in [0.2, 0.25) is 0 Å². The van der Waals surface area contributed by atoms with Crippen LogP contribution in [0.1, 0.15) is 33.0 Å². The number of halogens is 1. The molecule has 0 aliphatic carbocycles. The molecule has 8 nitrogen and oxygen atoms in total. The number of carbonyl (C=O) groups is 1. The topological polar surface area (TPSA) is 103 Å². The number of ether oxygens (including phenoxy) is 1. The van der Waals surface area contributed by atoms with Gasteiger partial charge in [-0.05, 0) is 60.0 Å². The number of carbonyl (C=O) groups excluding carboxylic acids is 1. The van der Waals surface area contributed by atoms with Crippen molar-refractivity contribution in [3.05, 3.63) is 130 Å². The van der Waals surface area contributed by atoms with Crippen molar-refractivity contribution < 1.29 is 17.9 Å². The van der Waals surface area contributed by atoms with E-state index in [2.05, 4.69) is 9.97 Å².